The first kappa shape index (κ1) is 16.2. The second kappa shape index (κ2) is 6.32. The van der Waals surface area contributed by atoms with Crippen LogP contribution in [0.4, 0.5) is 0 Å². The number of benzene rings is 2. The molecule has 0 fully saturated rings. The first-order valence-corrected chi connectivity index (χ1v) is 8.84. The number of amides is 1. The lowest BCUT2D eigenvalue weighted by molar-refractivity contribution is -0.119. The maximum Gasteiger partial charge on any atom is 0.217 e. The van der Waals surface area contributed by atoms with Crippen LogP contribution in [0, 0.1) is 0 Å². The summed E-state index contributed by atoms with van der Waals surface area (Å²) >= 11 is 0. The van der Waals surface area contributed by atoms with Crippen molar-refractivity contribution >= 4 is 15.7 Å². The smallest absolute Gasteiger partial charge is 0.217 e. The number of rotatable bonds is 4. The molecule has 0 aliphatic heterocycles. The van der Waals surface area contributed by atoms with Gasteiger partial charge >= 0.3 is 0 Å². The highest BCUT2D eigenvalue weighted by atomic mass is 32.2. The van der Waals surface area contributed by atoms with E-state index >= 15 is 0 Å². The summed E-state index contributed by atoms with van der Waals surface area (Å²) in [4.78, 5) is 11.4. The molecule has 1 unspecified atom stereocenters. The van der Waals surface area contributed by atoms with Crippen LogP contribution in [-0.4, -0.2) is 20.6 Å². The molecule has 1 atom stereocenters. The maximum absolute atomic E-state index is 11.5. The van der Waals surface area contributed by atoms with Crippen LogP contribution >= 0.6 is 0 Å². The van der Waals surface area contributed by atoms with Crippen LogP contribution < -0.4 is 5.32 Å². The topological polar surface area (TPSA) is 63.2 Å². The maximum atomic E-state index is 11.5. The van der Waals surface area contributed by atoms with Gasteiger partial charge in [-0.15, -0.1) is 0 Å². The fourth-order valence-corrected chi connectivity index (χ4v) is 2.88. The molecule has 0 saturated carbocycles. The molecule has 0 saturated heterocycles. The van der Waals surface area contributed by atoms with Crippen molar-refractivity contribution < 1.29 is 13.2 Å². The van der Waals surface area contributed by atoms with E-state index in [1.807, 2.05) is 31.2 Å². The Hall–Kier alpha value is -2.14. The van der Waals surface area contributed by atoms with Crippen LogP contribution in [0.15, 0.2) is 53.4 Å². The van der Waals surface area contributed by atoms with Gasteiger partial charge in [0.15, 0.2) is 9.84 Å². The van der Waals surface area contributed by atoms with Crippen LogP contribution in [0.5, 0.6) is 0 Å². The van der Waals surface area contributed by atoms with Gasteiger partial charge in [0.05, 0.1) is 10.9 Å². The van der Waals surface area contributed by atoms with Crippen molar-refractivity contribution in [1.82, 2.24) is 5.32 Å². The molecule has 0 radical (unpaired) electrons. The van der Waals surface area contributed by atoms with E-state index < -0.39 is 9.84 Å². The van der Waals surface area contributed by atoms with Crippen molar-refractivity contribution in [2.45, 2.75) is 24.8 Å². The Morgan fingerprint density at radius 1 is 0.955 bits per heavy atom. The van der Waals surface area contributed by atoms with Gasteiger partial charge in [-0.3, -0.25) is 4.79 Å². The Balaban J connectivity index is 2.22. The molecule has 0 aliphatic carbocycles. The van der Waals surface area contributed by atoms with Gasteiger partial charge in [0, 0.05) is 13.2 Å². The zero-order valence-electron chi connectivity index (χ0n) is 12.8. The number of hydrogen-bond donors (Lipinski definition) is 1. The molecule has 0 aliphatic rings. The van der Waals surface area contributed by atoms with E-state index in [-0.39, 0.29) is 11.9 Å². The summed E-state index contributed by atoms with van der Waals surface area (Å²) < 4.78 is 22.9. The van der Waals surface area contributed by atoms with E-state index in [2.05, 4.69) is 5.32 Å². The van der Waals surface area contributed by atoms with Crippen molar-refractivity contribution in [3.63, 3.8) is 0 Å². The van der Waals surface area contributed by atoms with E-state index in [0.29, 0.717) is 4.90 Å². The molecule has 0 bridgehead atoms. The number of sulfone groups is 1. The second-order valence-corrected chi connectivity index (χ2v) is 7.36. The second-order valence-electron chi connectivity index (χ2n) is 5.34. The van der Waals surface area contributed by atoms with E-state index in [0.717, 1.165) is 16.7 Å². The molecule has 1 N–H and O–H groups in total. The summed E-state index contributed by atoms with van der Waals surface area (Å²) in [5.74, 6) is -0.0621. The van der Waals surface area contributed by atoms with Crippen LogP contribution in [-0.2, 0) is 14.6 Å². The zero-order chi connectivity index (χ0) is 16.3. The molecular formula is C17H19NO3S. The van der Waals surface area contributed by atoms with Crippen molar-refractivity contribution in [1.29, 1.82) is 0 Å². The number of carbonyl (C=O) groups is 1. The van der Waals surface area contributed by atoms with Gasteiger partial charge in [-0.2, -0.15) is 0 Å². The lowest BCUT2D eigenvalue weighted by Gasteiger charge is -2.13. The molecule has 2 rings (SSSR count). The van der Waals surface area contributed by atoms with Crippen LogP contribution in [0.3, 0.4) is 0 Å². The van der Waals surface area contributed by atoms with E-state index in [4.69, 9.17) is 0 Å². The first-order chi connectivity index (χ1) is 10.3. The minimum atomic E-state index is -3.17. The molecule has 116 valence electrons. The fourth-order valence-electron chi connectivity index (χ4n) is 2.25. The molecule has 22 heavy (non-hydrogen) atoms. The Morgan fingerprint density at radius 3 is 1.82 bits per heavy atom. The van der Waals surface area contributed by atoms with Gasteiger partial charge in [-0.05, 0) is 35.7 Å². The molecule has 1 amide bonds. The third-order valence-corrected chi connectivity index (χ3v) is 4.57. The predicted molar refractivity (Wildman–Crippen MR) is 87.2 cm³/mol. The van der Waals surface area contributed by atoms with E-state index in [1.54, 1.807) is 24.3 Å². The number of hydrogen-bond acceptors (Lipinski definition) is 3. The Bertz CT molecular complexity index is 763. The summed E-state index contributed by atoms with van der Waals surface area (Å²) in [5, 5.41) is 2.84. The molecule has 2 aromatic rings. The lowest BCUT2D eigenvalue weighted by atomic mass is 10.0. The Labute approximate surface area is 131 Å². The van der Waals surface area contributed by atoms with Crippen molar-refractivity contribution in [3.05, 3.63) is 54.1 Å². The summed E-state index contributed by atoms with van der Waals surface area (Å²) in [6.45, 7) is 3.42. The van der Waals surface area contributed by atoms with E-state index in [9.17, 15) is 13.2 Å². The zero-order valence-corrected chi connectivity index (χ0v) is 13.6. The summed E-state index contributed by atoms with van der Waals surface area (Å²) in [6, 6.07) is 14.6. The molecule has 0 aromatic heterocycles. The molecular weight excluding hydrogens is 298 g/mol. The average molecular weight is 317 g/mol. The minimum Gasteiger partial charge on any atom is -0.350 e. The Morgan fingerprint density at radius 2 is 1.41 bits per heavy atom. The van der Waals surface area contributed by atoms with Crippen molar-refractivity contribution in [3.8, 4) is 11.1 Å². The lowest BCUT2D eigenvalue weighted by Crippen LogP contribution is -2.23. The van der Waals surface area contributed by atoms with Crippen LogP contribution in [0.1, 0.15) is 25.5 Å². The standard InChI is InChI=1S/C17H19NO3S/c1-12(18-13(2)19)14-4-6-15(7-5-14)16-8-10-17(11-9-16)22(3,20)21/h4-12H,1-3H3,(H,18,19). The third-order valence-electron chi connectivity index (χ3n) is 3.45. The van der Waals surface area contributed by atoms with Crippen molar-refractivity contribution in [2.24, 2.45) is 0 Å². The van der Waals surface area contributed by atoms with Gasteiger partial charge in [0.1, 0.15) is 0 Å². The van der Waals surface area contributed by atoms with Gasteiger partial charge in [-0.1, -0.05) is 36.4 Å². The molecule has 4 nitrogen and oxygen atoms in total. The normalized spacial score (nSPS) is 12.7. The van der Waals surface area contributed by atoms with Crippen LogP contribution in [0.25, 0.3) is 11.1 Å². The van der Waals surface area contributed by atoms with E-state index in [1.165, 1.54) is 13.2 Å². The fraction of sp³-hybridized carbons (Fsp3) is 0.235. The van der Waals surface area contributed by atoms with Gasteiger partial charge < -0.3 is 5.32 Å². The quantitative estimate of drug-likeness (QED) is 0.943. The molecule has 5 heteroatoms. The highest BCUT2D eigenvalue weighted by Crippen LogP contribution is 2.23. The van der Waals surface area contributed by atoms with Crippen molar-refractivity contribution in [2.75, 3.05) is 6.26 Å². The number of nitrogens with one attached hydrogen (secondary N) is 1. The monoisotopic (exact) mass is 317 g/mol. The van der Waals surface area contributed by atoms with Gasteiger partial charge in [-0.25, -0.2) is 8.42 Å². The first-order valence-electron chi connectivity index (χ1n) is 6.95. The molecule has 0 spiro atoms. The van der Waals surface area contributed by atoms with Gasteiger partial charge in [0.25, 0.3) is 0 Å². The Kier molecular flexibility index (Phi) is 4.66. The third kappa shape index (κ3) is 3.95. The SMILES string of the molecule is CC(=O)NC(C)c1ccc(-c2ccc(S(C)(=O)=O)cc2)cc1. The highest BCUT2D eigenvalue weighted by Gasteiger charge is 2.08. The highest BCUT2D eigenvalue weighted by molar-refractivity contribution is 7.90. The summed E-state index contributed by atoms with van der Waals surface area (Å²) in [5.41, 5.74) is 2.97. The minimum absolute atomic E-state index is 0.0424. The number of carbonyl (C=O) groups excluding carboxylic acids is 1. The summed E-state index contributed by atoms with van der Waals surface area (Å²) in [7, 11) is -3.17. The van der Waals surface area contributed by atoms with Gasteiger partial charge in [0.2, 0.25) is 5.91 Å². The summed E-state index contributed by atoms with van der Waals surface area (Å²) in [6.07, 6.45) is 1.19. The molecule has 2 aromatic carbocycles. The average Bonchev–Trinajstić information content (AvgIpc) is 2.46. The predicted octanol–water partition coefficient (Wildman–Crippen LogP) is 2.95. The van der Waals surface area contributed by atoms with Crippen LogP contribution in [0.2, 0.25) is 0 Å². The largest absolute Gasteiger partial charge is 0.350 e. The molecule has 0 heterocycles.